The van der Waals surface area contributed by atoms with Gasteiger partial charge in [-0.2, -0.15) is 0 Å². The van der Waals surface area contributed by atoms with E-state index in [1.807, 2.05) is 0 Å². The highest BCUT2D eigenvalue weighted by molar-refractivity contribution is 5.92. The molecule has 1 fully saturated rings. The first-order valence-electron chi connectivity index (χ1n) is 7.49. The minimum Gasteiger partial charge on any atom is -0.466 e. The number of halogens is 1. The van der Waals surface area contributed by atoms with Crippen LogP contribution in [0.3, 0.4) is 0 Å². The molecule has 5 heteroatoms. The summed E-state index contributed by atoms with van der Waals surface area (Å²) in [4.78, 5) is 25.4. The van der Waals surface area contributed by atoms with Crippen molar-refractivity contribution in [1.82, 2.24) is 4.90 Å². The second kappa shape index (κ2) is 7.73. The highest BCUT2D eigenvalue weighted by Crippen LogP contribution is 2.19. The average Bonchev–Trinajstić information content (AvgIpc) is 2.53. The van der Waals surface area contributed by atoms with Crippen molar-refractivity contribution >= 4 is 18.0 Å². The molecule has 1 aromatic carbocycles. The molecule has 1 heterocycles. The molecule has 1 aromatic rings. The number of ether oxygens (including phenoxy) is 1. The Labute approximate surface area is 129 Å². The predicted octanol–water partition coefficient (Wildman–Crippen LogP) is 2.64. The van der Waals surface area contributed by atoms with Crippen LogP contribution in [0.2, 0.25) is 0 Å². The van der Waals surface area contributed by atoms with Gasteiger partial charge in [0.05, 0.1) is 12.5 Å². The van der Waals surface area contributed by atoms with Crippen LogP contribution in [0.15, 0.2) is 30.3 Å². The summed E-state index contributed by atoms with van der Waals surface area (Å²) in [5.41, 5.74) is 0.648. The van der Waals surface area contributed by atoms with Crippen molar-refractivity contribution in [2.45, 2.75) is 19.8 Å². The number of piperidine rings is 1. The van der Waals surface area contributed by atoms with Crippen LogP contribution in [0.5, 0.6) is 0 Å². The molecule has 1 saturated heterocycles. The van der Waals surface area contributed by atoms with Gasteiger partial charge in [0.1, 0.15) is 5.82 Å². The molecule has 2 rings (SSSR count). The third-order valence-electron chi connectivity index (χ3n) is 3.69. The molecule has 0 N–H and O–H groups in total. The molecule has 0 bridgehead atoms. The topological polar surface area (TPSA) is 46.6 Å². The minimum absolute atomic E-state index is 0.115. The molecule has 0 unspecified atom stereocenters. The highest BCUT2D eigenvalue weighted by atomic mass is 19.1. The van der Waals surface area contributed by atoms with Gasteiger partial charge in [0.2, 0.25) is 5.91 Å². The van der Waals surface area contributed by atoms with Gasteiger partial charge < -0.3 is 9.64 Å². The summed E-state index contributed by atoms with van der Waals surface area (Å²) < 4.78 is 18.1. The molecule has 1 aliphatic heterocycles. The molecule has 0 radical (unpaired) electrons. The number of esters is 1. The first-order chi connectivity index (χ1) is 10.6. The van der Waals surface area contributed by atoms with Crippen LogP contribution < -0.4 is 0 Å². The quantitative estimate of drug-likeness (QED) is 0.634. The number of rotatable bonds is 4. The maximum atomic E-state index is 13.1. The Hall–Kier alpha value is -2.17. The van der Waals surface area contributed by atoms with Crippen molar-refractivity contribution in [1.29, 1.82) is 0 Å². The van der Waals surface area contributed by atoms with Gasteiger partial charge in [-0.15, -0.1) is 0 Å². The second-order valence-corrected chi connectivity index (χ2v) is 5.24. The predicted molar refractivity (Wildman–Crippen MR) is 81.4 cm³/mol. The molecule has 118 valence electrons. The number of carbonyl (C=O) groups excluding carboxylic acids is 2. The van der Waals surface area contributed by atoms with E-state index in [1.165, 1.54) is 18.2 Å². The van der Waals surface area contributed by atoms with Gasteiger partial charge in [-0.25, -0.2) is 4.39 Å². The largest absolute Gasteiger partial charge is 0.466 e. The van der Waals surface area contributed by atoms with Gasteiger partial charge in [-0.3, -0.25) is 9.59 Å². The summed E-state index contributed by atoms with van der Waals surface area (Å²) in [6.07, 6.45) is 4.29. The summed E-state index contributed by atoms with van der Waals surface area (Å²) in [5, 5.41) is 0. The molecule has 4 nitrogen and oxygen atoms in total. The normalized spacial score (nSPS) is 16.0. The van der Waals surface area contributed by atoms with E-state index in [-0.39, 0.29) is 23.6 Å². The number of benzene rings is 1. The molecular formula is C17H20FNO3. The van der Waals surface area contributed by atoms with E-state index in [9.17, 15) is 14.0 Å². The van der Waals surface area contributed by atoms with Crippen LogP contribution >= 0.6 is 0 Å². The van der Waals surface area contributed by atoms with Crippen LogP contribution in [-0.2, 0) is 14.3 Å². The van der Waals surface area contributed by atoms with Gasteiger partial charge in [0.15, 0.2) is 0 Å². The van der Waals surface area contributed by atoms with Crippen molar-refractivity contribution in [2.75, 3.05) is 19.7 Å². The Balaban J connectivity index is 1.86. The number of likely N-dealkylation sites (tertiary alicyclic amines) is 1. The standard InChI is InChI=1S/C17H20FNO3/c1-2-22-17(21)14-8-10-19(11-9-14)16(20)7-6-13-4-3-5-15(18)12-13/h3-7,12,14H,2,8-11H2,1H3. The van der Waals surface area contributed by atoms with Gasteiger partial charge in [-0.1, -0.05) is 12.1 Å². The summed E-state index contributed by atoms with van der Waals surface area (Å²) >= 11 is 0. The fourth-order valence-electron chi connectivity index (χ4n) is 2.48. The molecule has 1 aliphatic rings. The number of hydrogen-bond donors (Lipinski definition) is 0. The SMILES string of the molecule is CCOC(=O)C1CCN(C(=O)C=Cc2cccc(F)c2)CC1. The first-order valence-corrected chi connectivity index (χ1v) is 7.49. The van der Waals surface area contributed by atoms with Crippen LogP contribution in [0, 0.1) is 11.7 Å². The fourth-order valence-corrected chi connectivity index (χ4v) is 2.48. The van der Waals surface area contributed by atoms with E-state index in [0.717, 1.165) is 0 Å². The lowest BCUT2D eigenvalue weighted by Crippen LogP contribution is -2.39. The first kappa shape index (κ1) is 16.2. The Morgan fingerprint density at radius 1 is 1.36 bits per heavy atom. The van der Waals surface area contributed by atoms with Crippen molar-refractivity contribution in [3.05, 3.63) is 41.7 Å². The molecule has 22 heavy (non-hydrogen) atoms. The number of nitrogens with zero attached hydrogens (tertiary/aromatic N) is 1. The van der Waals surface area contributed by atoms with Crippen LogP contribution in [0.1, 0.15) is 25.3 Å². The lowest BCUT2D eigenvalue weighted by Gasteiger charge is -2.30. The molecule has 0 spiro atoms. The molecule has 0 aromatic heterocycles. The van der Waals surface area contributed by atoms with Crippen molar-refractivity contribution < 1.29 is 18.7 Å². The van der Waals surface area contributed by atoms with Crippen molar-refractivity contribution in [2.24, 2.45) is 5.92 Å². The van der Waals surface area contributed by atoms with Crippen molar-refractivity contribution in [3.8, 4) is 0 Å². The third kappa shape index (κ3) is 4.41. The van der Waals surface area contributed by atoms with E-state index in [1.54, 1.807) is 30.0 Å². The highest BCUT2D eigenvalue weighted by Gasteiger charge is 2.27. The zero-order valence-electron chi connectivity index (χ0n) is 12.6. The lowest BCUT2D eigenvalue weighted by molar-refractivity contribution is -0.150. The van der Waals surface area contributed by atoms with Gasteiger partial charge in [0, 0.05) is 19.2 Å². The molecule has 0 saturated carbocycles. The monoisotopic (exact) mass is 305 g/mol. The zero-order valence-corrected chi connectivity index (χ0v) is 12.6. The van der Waals surface area contributed by atoms with E-state index in [2.05, 4.69) is 0 Å². The van der Waals surface area contributed by atoms with Crippen molar-refractivity contribution in [3.63, 3.8) is 0 Å². The van der Waals surface area contributed by atoms with Gasteiger partial charge in [0.25, 0.3) is 0 Å². The van der Waals surface area contributed by atoms with Gasteiger partial charge >= 0.3 is 5.97 Å². The Bertz CT molecular complexity index is 563. The Morgan fingerprint density at radius 2 is 2.09 bits per heavy atom. The van der Waals surface area contributed by atoms with E-state index in [0.29, 0.717) is 38.1 Å². The lowest BCUT2D eigenvalue weighted by atomic mass is 9.97. The molecule has 1 amide bonds. The van der Waals surface area contributed by atoms with Crippen LogP contribution in [0.25, 0.3) is 6.08 Å². The summed E-state index contributed by atoms with van der Waals surface area (Å²) in [7, 11) is 0. The number of amides is 1. The van der Waals surface area contributed by atoms with E-state index in [4.69, 9.17) is 4.74 Å². The molecular weight excluding hydrogens is 285 g/mol. The third-order valence-corrected chi connectivity index (χ3v) is 3.69. The summed E-state index contributed by atoms with van der Waals surface area (Å²) in [5.74, 6) is -0.738. The maximum absolute atomic E-state index is 13.1. The molecule has 0 aliphatic carbocycles. The smallest absolute Gasteiger partial charge is 0.309 e. The summed E-state index contributed by atoms with van der Waals surface area (Å²) in [6, 6.07) is 6.07. The molecule has 0 atom stereocenters. The Morgan fingerprint density at radius 3 is 2.73 bits per heavy atom. The summed E-state index contributed by atoms with van der Waals surface area (Å²) in [6.45, 7) is 3.24. The minimum atomic E-state index is -0.329. The number of hydrogen-bond acceptors (Lipinski definition) is 3. The van der Waals surface area contributed by atoms with Crippen LogP contribution in [-0.4, -0.2) is 36.5 Å². The average molecular weight is 305 g/mol. The van der Waals surface area contributed by atoms with E-state index >= 15 is 0 Å². The number of carbonyl (C=O) groups is 2. The van der Waals surface area contributed by atoms with Crippen LogP contribution in [0.4, 0.5) is 4.39 Å². The zero-order chi connectivity index (χ0) is 15.9. The second-order valence-electron chi connectivity index (χ2n) is 5.24. The Kier molecular flexibility index (Phi) is 5.69. The van der Waals surface area contributed by atoms with E-state index < -0.39 is 0 Å². The van der Waals surface area contributed by atoms with Gasteiger partial charge in [-0.05, 0) is 43.5 Å². The fraction of sp³-hybridized carbons (Fsp3) is 0.412. The maximum Gasteiger partial charge on any atom is 0.309 e.